The Balaban J connectivity index is 1.48. The molecule has 1 fully saturated rings. The number of sulfonamides is 1. The average molecular weight is 469 g/mol. The lowest BCUT2D eigenvalue weighted by atomic mass is 10.2. The van der Waals surface area contributed by atoms with E-state index < -0.39 is 21.7 Å². The Morgan fingerprint density at radius 2 is 1.97 bits per heavy atom. The number of hydrogen-bond acceptors (Lipinski definition) is 5. The van der Waals surface area contributed by atoms with Gasteiger partial charge in [-0.2, -0.15) is 0 Å². The molecule has 0 bridgehead atoms. The molecular formula is C22H26F2N2O3S2. The summed E-state index contributed by atoms with van der Waals surface area (Å²) in [5.74, 6) is -1.09. The molecule has 0 aromatic heterocycles. The number of thioether (sulfide) groups is 1. The lowest BCUT2D eigenvalue weighted by Gasteiger charge is -2.30. The van der Waals surface area contributed by atoms with Crippen LogP contribution >= 0.6 is 11.8 Å². The van der Waals surface area contributed by atoms with Crippen LogP contribution in [0.3, 0.4) is 0 Å². The van der Waals surface area contributed by atoms with E-state index in [9.17, 15) is 17.2 Å². The molecule has 168 valence electrons. The molecule has 1 unspecified atom stereocenters. The number of likely N-dealkylation sites (tertiary alicyclic amines) is 1. The molecule has 0 aliphatic carbocycles. The van der Waals surface area contributed by atoms with Gasteiger partial charge in [0.05, 0.1) is 17.2 Å². The van der Waals surface area contributed by atoms with E-state index in [1.807, 2.05) is 12.1 Å². The van der Waals surface area contributed by atoms with Crippen LogP contribution in [0, 0.1) is 11.6 Å². The third-order valence-electron chi connectivity index (χ3n) is 5.78. The Hall–Kier alpha value is -1.84. The number of halogens is 2. The van der Waals surface area contributed by atoms with E-state index in [-0.39, 0.29) is 11.4 Å². The van der Waals surface area contributed by atoms with Gasteiger partial charge in [0.2, 0.25) is 0 Å². The number of fused-ring (bicyclic) bond motifs is 1. The zero-order valence-electron chi connectivity index (χ0n) is 17.4. The molecule has 0 saturated carbocycles. The number of nitrogens with zero attached hydrogens (tertiary/aromatic N) is 2. The van der Waals surface area contributed by atoms with Crippen molar-refractivity contribution in [2.45, 2.75) is 42.0 Å². The van der Waals surface area contributed by atoms with Gasteiger partial charge in [-0.3, -0.25) is 4.31 Å². The molecule has 0 spiro atoms. The number of benzene rings is 2. The molecule has 0 radical (unpaired) electrons. The molecule has 5 nitrogen and oxygen atoms in total. The van der Waals surface area contributed by atoms with Gasteiger partial charge in [0.25, 0.3) is 10.0 Å². The van der Waals surface area contributed by atoms with Gasteiger partial charge in [-0.05, 0) is 63.1 Å². The largest absolute Gasteiger partial charge is 0.493 e. The quantitative estimate of drug-likeness (QED) is 0.560. The van der Waals surface area contributed by atoms with Crippen LogP contribution in [-0.2, 0) is 10.0 Å². The molecule has 1 atom stereocenters. The highest BCUT2D eigenvalue weighted by atomic mass is 32.2. The van der Waals surface area contributed by atoms with Crippen LogP contribution in [0.25, 0.3) is 0 Å². The lowest BCUT2D eigenvalue weighted by Crippen LogP contribution is -2.35. The van der Waals surface area contributed by atoms with E-state index in [1.54, 1.807) is 17.8 Å². The van der Waals surface area contributed by atoms with E-state index in [4.69, 9.17) is 4.74 Å². The minimum Gasteiger partial charge on any atom is -0.493 e. The van der Waals surface area contributed by atoms with Gasteiger partial charge in [-0.25, -0.2) is 17.2 Å². The van der Waals surface area contributed by atoms with Crippen molar-refractivity contribution in [1.82, 2.24) is 4.90 Å². The Kier molecular flexibility index (Phi) is 6.74. The van der Waals surface area contributed by atoms with Crippen molar-refractivity contribution in [3.05, 3.63) is 48.0 Å². The fourth-order valence-electron chi connectivity index (χ4n) is 4.06. The number of hydrogen-bond donors (Lipinski definition) is 0. The first-order valence-corrected chi connectivity index (χ1v) is 12.9. The molecular weight excluding hydrogens is 442 g/mol. The summed E-state index contributed by atoms with van der Waals surface area (Å²) in [4.78, 5) is 3.01. The Morgan fingerprint density at radius 3 is 2.71 bits per heavy atom. The van der Waals surface area contributed by atoms with Crippen LogP contribution in [0.4, 0.5) is 14.5 Å². The molecule has 2 aromatic carbocycles. The van der Waals surface area contributed by atoms with E-state index in [2.05, 4.69) is 11.8 Å². The summed E-state index contributed by atoms with van der Waals surface area (Å²) in [5, 5.41) is 0. The highest BCUT2D eigenvalue weighted by Crippen LogP contribution is 2.40. The van der Waals surface area contributed by atoms with E-state index in [1.165, 1.54) is 17.1 Å². The SMILES string of the molecule is CC1CCCN1CCCOc1ccc2c(c1)N(S(=O)(=O)c1ccc(F)c(F)c1)CCS2. The van der Waals surface area contributed by atoms with Crippen molar-refractivity contribution in [1.29, 1.82) is 0 Å². The maximum atomic E-state index is 13.7. The van der Waals surface area contributed by atoms with Crippen LogP contribution in [0.1, 0.15) is 26.2 Å². The second kappa shape index (κ2) is 9.34. The molecule has 1 saturated heterocycles. The van der Waals surface area contributed by atoms with Gasteiger partial charge in [0.1, 0.15) is 5.75 Å². The smallest absolute Gasteiger partial charge is 0.264 e. The highest BCUT2D eigenvalue weighted by Gasteiger charge is 2.30. The van der Waals surface area contributed by atoms with Crippen molar-refractivity contribution in [2.24, 2.45) is 0 Å². The van der Waals surface area contributed by atoms with Crippen molar-refractivity contribution >= 4 is 27.5 Å². The molecule has 2 heterocycles. The van der Waals surface area contributed by atoms with Crippen LogP contribution in [-0.4, -0.2) is 51.4 Å². The van der Waals surface area contributed by atoms with Gasteiger partial charge in [0, 0.05) is 35.8 Å². The highest BCUT2D eigenvalue weighted by molar-refractivity contribution is 8.00. The minimum atomic E-state index is -4.02. The van der Waals surface area contributed by atoms with Crippen molar-refractivity contribution < 1.29 is 21.9 Å². The topological polar surface area (TPSA) is 49.9 Å². The second-order valence-electron chi connectivity index (χ2n) is 7.86. The zero-order chi connectivity index (χ0) is 22.0. The van der Waals surface area contributed by atoms with Crippen LogP contribution < -0.4 is 9.04 Å². The number of ether oxygens (including phenoxy) is 1. The monoisotopic (exact) mass is 468 g/mol. The lowest BCUT2D eigenvalue weighted by molar-refractivity contribution is 0.230. The zero-order valence-corrected chi connectivity index (χ0v) is 19.0. The molecule has 2 aromatic rings. The van der Waals surface area contributed by atoms with Gasteiger partial charge < -0.3 is 9.64 Å². The summed E-state index contributed by atoms with van der Waals surface area (Å²) >= 11 is 1.56. The first kappa shape index (κ1) is 22.4. The van der Waals surface area contributed by atoms with Gasteiger partial charge in [0.15, 0.2) is 11.6 Å². The fraction of sp³-hybridized carbons (Fsp3) is 0.455. The molecule has 0 amide bonds. The predicted molar refractivity (Wildman–Crippen MR) is 118 cm³/mol. The van der Waals surface area contributed by atoms with Crippen LogP contribution in [0.5, 0.6) is 5.75 Å². The maximum Gasteiger partial charge on any atom is 0.264 e. The Morgan fingerprint density at radius 1 is 1.13 bits per heavy atom. The second-order valence-corrected chi connectivity index (χ2v) is 10.9. The van der Waals surface area contributed by atoms with Crippen LogP contribution in [0.15, 0.2) is 46.2 Å². The Labute approximate surface area is 186 Å². The summed E-state index contributed by atoms with van der Waals surface area (Å²) in [6, 6.07) is 8.69. The van der Waals surface area contributed by atoms with Gasteiger partial charge in [-0.1, -0.05) is 0 Å². The van der Waals surface area contributed by atoms with Crippen LogP contribution in [0.2, 0.25) is 0 Å². The molecule has 9 heteroatoms. The van der Waals surface area contributed by atoms with E-state index in [0.29, 0.717) is 29.8 Å². The maximum absolute atomic E-state index is 13.7. The molecule has 0 N–H and O–H groups in total. The molecule has 2 aliphatic rings. The third-order valence-corrected chi connectivity index (χ3v) is 8.63. The summed E-state index contributed by atoms with van der Waals surface area (Å²) in [7, 11) is -4.02. The molecule has 4 rings (SSSR count). The van der Waals surface area contributed by atoms with Gasteiger partial charge in [-0.15, -0.1) is 11.8 Å². The van der Waals surface area contributed by atoms with Crippen molar-refractivity contribution in [3.63, 3.8) is 0 Å². The first-order valence-electron chi connectivity index (χ1n) is 10.5. The summed E-state index contributed by atoms with van der Waals surface area (Å²) in [6.07, 6.45) is 3.38. The van der Waals surface area contributed by atoms with Crippen molar-refractivity contribution in [2.75, 3.05) is 36.3 Å². The summed E-state index contributed by atoms with van der Waals surface area (Å²) < 4.78 is 60.4. The van der Waals surface area contributed by atoms with Crippen molar-refractivity contribution in [3.8, 4) is 5.75 Å². The Bertz CT molecular complexity index is 1050. The third kappa shape index (κ3) is 4.83. The molecule has 31 heavy (non-hydrogen) atoms. The number of anilines is 1. The average Bonchev–Trinajstić information content (AvgIpc) is 3.17. The summed E-state index contributed by atoms with van der Waals surface area (Å²) in [6.45, 7) is 5.16. The number of rotatable bonds is 7. The predicted octanol–water partition coefficient (Wildman–Crippen LogP) is 4.52. The normalized spacial score (nSPS) is 19.5. The summed E-state index contributed by atoms with van der Waals surface area (Å²) in [5.41, 5.74) is 0.506. The standard InChI is InChI=1S/C22H26F2N2O3S2/c1-16-4-2-9-25(16)10-3-12-29-17-5-8-22-21(14-17)26(11-13-30-22)31(27,28)18-6-7-19(23)20(24)15-18/h5-8,14-16H,2-4,9-13H2,1H3. The molecule has 2 aliphatic heterocycles. The van der Waals surface area contributed by atoms with E-state index in [0.717, 1.165) is 42.6 Å². The first-order chi connectivity index (χ1) is 14.9. The van der Waals surface area contributed by atoms with E-state index >= 15 is 0 Å². The van der Waals surface area contributed by atoms with Gasteiger partial charge >= 0.3 is 0 Å². The fourth-order valence-corrected chi connectivity index (χ4v) is 6.70. The minimum absolute atomic E-state index is 0.245.